The molecule has 4 rings (SSSR count). The first-order valence-electron chi connectivity index (χ1n) is 7.07. The van der Waals surface area contributed by atoms with E-state index in [1.807, 2.05) is 12.3 Å². The van der Waals surface area contributed by atoms with E-state index in [0.717, 1.165) is 36.0 Å². The second kappa shape index (κ2) is 4.22. The Kier molecular flexibility index (Phi) is 2.50. The average Bonchev–Trinajstić information content (AvgIpc) is 3.21. The van der Waals surface area contributed by atoms with Crippen molar-refractivity contribution in [3.63, 3.8) is 0 Å². The van der Waals surface area contributed by atoms with Crippen LogP contribution < -0.4 is 10.1 Å². The van der Waals surface area contributed by atoms with Crippen molar-refractivity contribution in [2.24, 2.45) is 0 Å². The molecule has 2 aliphatic heterocycles. The van der Waals surface area contributed by atoms with Crippen molar-refractivity contribution < 1.29 is 9.22 Å². The Balaban J connectivity index is 1.67. The third kappa shape index (κ3) is 1.99. The third-order valence-electron chi connectivity index (χ3n) is 4.30. The van der Waals surface area contributed by atoms with Gasteiger partial charge in [0.15, 0.2) is 12.0 Å². The standard InChI is InChI=1S/C16H19N2O/c1-2-6-16-13(4-1)10-18(12-17-14-7-8-14)9-3-5-15(18)11-19-16/h1-6,11,14,17H,7-10,12H2/q+1. The summed E-state index contributed by atoms with van der Waals surface area (Å²) in [7, 11) is 0. The molecular formula is C16H19N2O+. The SMILES string of the molecule is C1=CC2=COc3ccccc3C[N+]2(CNC2CC2)C1. The zero-order valence-corrected chi connectivity index (χ0v) is 11.0. The number of benzene rings is 1. The first-order valence-corrected chi connectivity index (χ1v) is 7.07. The van der Waals surface area contributed by atoms with Crippen LogP contribution in [-0.2, 0) is 6.54 Å². The van der Waals surface area contributed by atoms with Gasteiger partial charge in [-0.15, -0.1) is 0 Å². The van der Waals surface area contributed by atoms with E-state index in [-0.39, 0.29) is 0 Å². The zero-order chi connectivity index (χ0) is 12.7. The van der Waals surface area contributed by atoms with E-state index in [4.69, 9.17) is 4.74 Å². The predicted octanol–water partition coefficient (Wildman–Crippen LogP) is 2.52. The van der Waals surface area contributed by atoms with E-state index < -0.39 is 0 Å². The Labute approximate surface area is 113 Å². The van der Waals surface area contributed by atoms with E-state index in [1.54, 1.807) is 0 Å². The topological polar surface area (TPSA) is 21.3 Å². The lowest BCUT2D eigenvalue weighted by Gasteiger charge is -2.34. The van der Waals surface area contributed by atoms with Gasteiger partial charge in [-0.1, -0.05) is 12.1 Å². The van der Waals surface area contributed by atoms with E-state index in [9.17, 15) is 0 Å². The summed E-state index contributed by atoms with van der Waals surface area (Å²) in [4.78, 5) is 0. The summed E-state index contributed by atoms with van der Waals surface area (Å²) in [6.45, 7) is 3.07. The number of para-hydroxylation sites is 1. The van der Waals surface area contributed by atoms with Crippen LogP contribution in [0.3, 0.4) is 0 Å². The van der Waals surface area contributed by atoms with E-state index in [1.165, 1.54) is 24.1 Å². The first-order chi connectivity index (χ1) is 9.36. The summed E-state index contributed by atoms with van der Waals surface area (Å²) in [5.74, 6) is 1.00. The number of quaternary nitrogens is 1. The maximum atomic E-state index is 5.85. The third-order valence-corrected chi connectivity index (χ3v) is 4.30. The summed E-state index contributed by atoms with van der Waals surface area (Å²) in [5.41, 5.74) is 2.58. The van der Waals surface area contributed by atoms with E-state index in [0.29, 0.717) is 0 Å². The van der Waals surface area contributed by atoms with Gasteiger partial charge in [0.25, 0.3) is 0 Å². The first kappa shape index (κ1) is 11.3. The van der Waals surface area contributed by atoms with Crippen molar-refractivity contribution >= 4 is 0 Å². The molecule has 1 saturated carbocycles. The molecule has 0 saturated heterocycles. The number of nitrogens with zero attached hydrogens (tertiary/aromatic N) is 1. The number of ether oxygens (including phenoxy) is 1. The Morgan fingerprint density at radius 1 is 1.26 bits per heavy atom. The quantitative estimate of drug-likeness (QED) is 0.838. The van der Waals surface area contributed by atoms with Crippen LogP contribution in [-0.4, -0.2) is 23.7 Å². The van der Waals surface area contributed by atoms with Gasteiger partial charge in [0.1, 0.15) is 25.5 Å². The van der Waals surface area contributed by atoms with Crippen molar-refractivity contribution in [2.75, 3.05) is 13.2 Å². The molecule has 1 atom stereocenters. The Bertz CT molecular complexity index is 560. The molecule has 0 spiro atoms. The molecule has 1 N–H and O–H groups in total. The highest BCUT2D eigenvalue weighted by molar-refractivity contribution is 5.35. The summed E-state index contributed by atoms with van der Waals surface area (Å²) >= 11 is 0. The van der Waals surface area contributed by atoms with Crippen LogP contribution in [0.1, 0.15) is 18.4 Å². The molecule has 1 unspecified atom stereocenters. The minimum Gasteiger partial charge on any atom is -0.458 e. The van der Waals surface area contributed by atoms with Gasteiger partial charge in [0.2, 0.25) is 0 Å². The second-order valence-corrected chi connectivity index (χ2v) is 5.79. The largest absolute Gasteiger partial charge is 0.458 e. The van der Waals surface area contributed by atoms with Gasteiger partial charge in [0, 0.05) is 17.7 Å². The molecule has 0 bridgehead atoms. The summed E-state index contributed by atoms with van der Waals surface area (Å²) in [5, 5.41) is 3.68. The lowest BCUT2D eigenvalue weighted by molar-refractivity contribution is -0.895. The summed E-state index contributed by atoms with van der Waals surface area (Å²) in [6, 6.07) is 9.12. The molecule has 1 aliphatic carbocycles. The van der Waals surface area contributed by atoms with Crippen molar-refractivity contribution in [1.82, 2.24) is 5.32 Å². The molecule has 1 fully saturated rings. The number of hydrogen-bond donors (Lipinski definition) is 1. The van der Waals surface area contributed by atoms with E-state index >= 15 is 0 Å². The van der Waals surface area contributed by atoms with Crippen molar-refractivity contribution in [3.05, 3.63) is 53.9 Å². The minimum atomic E-state index is 0.744. The van der Waals surface area contributed by atoms with Crippen LogP contribution in [0.4, 0.5) is 0 Å². The fraction of sp³-hybridized carbons (Fsp3) is 0.375. The number of fused-ring (bicyclic) bond motifs is 2. The van der Waals surface area contributed by atoms with Crippen LogP contribution in [0.5, 0.6) is 5.75 Å². The average molecular weight is 255 g/mol. The Hall–Kier alpha value is -1.58. The van der Waals surface area contributed by atoms with Crippen molar-refractivity contribution in [2.45, 2.75) is 25.4 Å². The summed E-state index contributed by atoms with van der Waals surface area (Å²) < 4.78 is 6.81. The van der Waals surface area contributed by atoms with Gasteiger partial charge in [-0.3, -0.25) is 9.80 Å². The van der Waals surface area contributed by atoms with Gasteiger partial charge >= 0.3 is 0 Å². The van der Waals surface area contributed by atoms with Crippen LogP contribution in [0.15, 0.2) is 48.4 Å². The van der Waals surface area contributed by atoms with Gasteiger partial charge in [-0.2, -0.15) is 0 Å². The minimum absolute atomic E-state index is 0.744. The Morgan fingerprint density at radius 3 is 3.05 bits per heavy atom. The smallest absolute Gasteiger partial charge is 0.169 e. The lowest BCUT2D eigenvalue weighted by Crippen LogP contribution is -2.49. The number of rotatable bonds is 3. The van der Waals surface area contributed by atoms with Crippen molar-refractivity contribution in [1.29, 1.82) is 0 Å². The molecule has 1 aromatic carbocycles. The lowest BCUT2D eigenvalue weighted by atomic mass is 10.1. The van der Waals surface area contributed by atoms with Crippen molar-refractivity contribution in [3.8, 4) is 5.75 Å². The normalized spacial score (nSPS) is 28.1. The second-order valence-electron chi connectivity index (χ2n) is 5.79. The molecule has 2 heterocycles. The van der Waals surface area contributed by atoms with Gasteiger partial charge in [0.05, 0.1) is 0 Å². The molecule has 3 nitrogen and oxygen atoms in total. The molecule has 0 aromatic heterocycles. The Morgan fingerprint density at radius 2 is 2.16 bits per heavy atom. The highest BCUT2D eigenvalue weighted by Gasteiger charge is 2.38. The fourth-order valence-electron chi connectivity index (χ4n) is 2.95. The van der Waals surface area contributed by atoms with Gasteiger partial charge in [-0.05, 0) is 31.1 Å². The molecule has 0 radical (unpaired) electrons. The number of nitrogens with one attached hydrogen (secondary N) is 1. The maximum absolute atomic E-state index is 5.85. The number of hydrogen-bond acceptors (Lipinski definition) is 2. The molecule has 3 heteroatoms. The van der Waals surface area contributed by atoms with Gasteiger partial charge < -0.3 is 4.74 Å². The molecular weight excluding hydrogens is 236 g/mol. The maximum Gasteiger partial charge on any atom is 0.169 e. The summed E-state index contributed by atoms with van der Waals surface area (Å²) in [6.07, 6.45) is 9.07. The molecule has 0 amide bonds. The monoisotopic (exact) mass is 255 g/mol. The predicted molar refractivity (Wildman–Crippen MR) is 74.1 cm³/mol. The van der Waals surface area contributed by atoms with Crippen LogP contribution in [0.25, 0.3) is 0 Å². The molecule has 19 heavy (non-hydrogen) atoms. The number of allylic oxidation sites excluding steroid dienone is 1. The zero-order valence-electron chi connectivity index (χ0n) is 11.0. The molecule has 1 aromatic rings. The highest BCUT2D eigenvalue weighted by atomic mass is 16.5. The van der Waals surface area contributed by atoms with Gasteiger partial charge in [-0.25, -0.2) is 0 Å². The van der Waals surface area contributed by atoms with Crippen LogP contribution >= 0.6 is 0 Å². The molecule has 3 aliphatic rings. The van der Waals surface area contributed by atoms with E-state index in [2.05, 4.69) is 35.7 Å². The van der Waals surface area contributed by atoms with Crippen LogP contribution in [0, 0.1) is 0 Å². The fourth-order valence-corrected chi connectivity index (χ4v) is 2.95. The molecule has 98 valence electrons. The van der Waals surface area contributed by atoms with Crippen LogP contribution in [0.2, 0.25) is 0 Å². The highest BCUT2D eigenvalue weighted by Crippen LogP contribution is 2.35.